The summed E-state index contributed by atoms with van der Waals surface area (Å²) in [7, 11) is 1.92. The standard InChI is InChI=1S/C19H15N3OS.C7H10N2S/c1-14-18(13-23)21-19(24-14)22(12-16-5-3-2-4-6-16)17-9-7-15(11-20)8-10-17;1-8-10-6-7-3-2-4-9-5-7/h2-10,13H,12H2,1H3;2-5,8H,6H2,1H3. The first-order valence-corrected chi connectivity index (χ1v) is 12.4. The minimum absolute atomic E-state index is 0.474. The Morgan fingerprint density at radius 3 is 2.41 bits per heavy atom. The van der Waals surface area contributed by atoms with Gasteiger partial charge in [-0.3, -0.25) is 14.5 Å². The predicted molar refractivity (Wildman–Crippen MR) is 140 cm³/mol. The molecule has 0 fully saturated rings. The van der Waals surface area contributed by atoms with E-state index in [1.54, 1.807) is 30.3 Å². The molecule has 0 saturated carbocycles. The smallest absolute Gasteiger partial charge is 0.191 e. The fraction of sp³-hybridized carbons (Fsp3) is 0.154. The minimum Gasteiger partial charge on any atom is -0.313 e. The minimum atomic E-state index is 0.474. The van der Waals surface area contributed by atoms with E-state index in [1.165, 1.54) is 16.9 Å². The predicted octanol–water partition coefficient (Wildman–Crippen LogP) is 5.92. The van der Waals surface area contributed by atoms with Crippen molar-refractivity contribution in [3.8, 4) is 6.07 Å². The molecule has 0 aliphatic carbocycles. The second-order valence-electron chi connectivity index (χ2n) is 7.14. The van der Waals surface area contributed by atoms with Crippen LogP contribution in [-0.4, -0.2) is 23.3 Å². The third kappa shape index (κ3) is 7.25. The third-order valence-corrected chi connectivity index (χ3v) is 6.54. The van der Waals surface area contributed by atoms with E-state index in [2.05, 4.69) is 43.9 Å². The zero-order valence-corrected chi connectivity index (χ0v) is 20.6. The maximum atomic E-state index is 11.1. The maximum absolute atomic E-state index is 11.1. The fourth-order valence-electron chi connectivity index (χ4n) is 3.01. The van der Waals surface area contributed by atoms with Gasteiger partial charge in [-0.25, -0.2) is 4.98 Å². The maximum Gasteiger partial charge on any atom is 0.191 e. The van der Waals surface area contributed by atoms with E-state index >= 15 is 0 Å². The number of hydrogen-bond acceptors (Lipinski definition) is 8. The number of hydrogen-bond donors (Lipinski definition) is 1. The number of benzene rings is 2. The van der Waals surface area contributed by atoms with Gasteiger partial charge in [0.1, 0.15) is 5.69 Å². The molecule has 172 valence electrons. The number of aromatic nitrogens is 2. The molecule has 0 unspecified atom stereocenters. The lowest BCUT2D eigenvalue weighted by molar-refractivity contribution is 0.111. The number of nitrogens with one attached hydrogen (secondary N) is 1. The van der Waals surface area contributed by atoms with Gasteiger partial charge in [-0.15, -0.1) is 11.3 Å². The second kappa shape index (κ2) is 13.3. The van der Waals surface area contributed by atoms with E-state index in [0.29, 0.717) is 17.8 Å². The summed E-state index contributed by atoms with van der Waals surface area (Å²) in [6.07, 6.45) is 4.45. The highest BCUT2D eigenvalue weighted by Crippen LogP contribution is 2.32. The number of rotatable bonds is 8. The number of carbonyl (C=O) groups excluding carboxylic acids is 1. The molecular formula is C26H25N5OS2. The normalized spacial score (nSPS) is 10.0. The van der Waals surface area contributed by atoms with Crippen LogP contribution in [0.15, 0.2) is 79.1 Å². The molecule has 34 heavy (non-hydrogen) atoms. The number of thiazole rings is 1. The molecule has 0 atom stereocenters. The van der Waals surface area contributed by atoms with Crippen molar-refractivity contribution in [3.63, 3.8) is 0 Å². The molecule has 2 aromatic heterocycles. The van der Waals surface area contributed by atoms with Crippen LogP contribution >= 0.6 is 23.3 Å². The first-order valence-electron chi connectivity index (χ1n) is 10.6. The van der Waals surface area contributed by atoms with Crippen molar-refractivity contribution >= 4 is 40.4 Å². The van der Waals surface area contributed by atoms with Gasteiger partial charge in [-0.05, 0) is 55.4 Å². The van der Waals surface area contributed by atoms with Gasteiger partial charge in [0, 0.05) is 28.7 Å². The first-order chi connectivity index (χ1) is 16.6. The highest BCUT2D eigenvalue weighted by Gasteiger charge is 2.16. The summed E-state index contributed by atoms with van der Waals surface area (Å²) < 4.78 is 3.01. The Morgan fingerprint density at radius 2 is 1.82 bits per heavy atom. The van der Waals surface area contributed by atoms with Crippen LogP contribution in [0.25, 0.3) is 0 Å². The SMILES string of the molecule is CNSCc1cccnc1.Cc1sc(N(Cc2ccccc2)c2ccc(C#N)cc2)nc1C=O. The molecule has 0 aliphatic rings. The van der Waals surface area contributed by atoms with Crippen LogP contribution < -0.4 is 9.62 Å². The lowest BCUT2D eigenvalue weighted by Gasteiger charge is -2.22. The van der Waals surface area contributed by atoms with Crippen molar-refractivity contribution in [2.45, 2.75) is 19.2 Å². The molecule has 1 N–H and O–H groups in total. The average Bonchev–Trinajstić information content (AvgIpc) is 3.28. The molecule has 0 amide bonds. The van der Waals surface area contributed by atoms with Gasteiger partial charge in [-0.2, -0.15) is 5.26 Å². The van der Waals surface area contributed by atoms with Gasteiger partial charge < -0.3 is 4.90 Å². The topological polar surface area (TPSA) is 81.9 Å². The highest BCUT2D eigenvalue weighted by atomic mass is 32.2. The summed E-state index contributed by atoms with van der Waals surface area (Å²) >= 11 is 3.16. The average molecular weight is 488 g/mol. The van der Waals surface area contributed by atoms with Crippen molar-refractivity contribution in [2.24, 2.45) is 0 Å². The van der Waals surface area contributed by atoms with Gasteiger partial charge in [0.15, 0.2) is 11.4 Å². The van der Waals surface area contributed by atoms with Crippen LogP contribution in [0.5, 0.6) is 0 Å². The molecule has 0 radical (unpaired) electrons. The molecule has 2 aromatic carbocycles. The van der Waals surface area contributed by atoms with Crippen LogP contribution in [0.4, 0.5) is 10.8 Å². The lowest BCUT2D eigenvalue weighted by Crippen LogP contribution is -2.16. The van der Waals surface area contributed by atoms with E-state index < -0.39 is 0 Å². The van der Waals surface area contributed by atoms with Crippen molar-refractivity contribution in [2.75, 3.05) is 11.9 Å². The Labute approximate surface area is 208 Å². The van der Waals surface area contributed by atoms with Crippen molar-refractivity contribution < 1.29 is 4.79 Å². The van der Waals surface area contributed by atoms with E-state index in [1.807, 2.05) is 56.6 Å². The van der Waals surface area contributed by atoms with Crippen LogP contribution in [-0.2, 0) is 12.3 Å². The number of anilines is 2. The van der Waals surface area contributed by atoms with Crippen LogP contribution in [0.1, 0.15) is 32.1 Å². The summed E-state index contributed by atoms with van der Waals surface area (Å²) in [5, 5.41) is 9.75. The Bertz CT molecular complexity index is 1210. The zero-order chi connectivity index (χ0) is 24.2. The second-order valence-corrected chi connectivity index (χ2v) is 9.31. The summed E-state index contributed by atoms with van der Waals surface area (Å²) in [6.45, 7) is 2.53. The summed E-state index contributed by atoms with van der Waals surface area (Å²) in [5.74, 6) is 0.977. The number of pyridine rings is 1. The Morgan fingerprint density at radius 1 is 1.09 bits per heavy atom. The summed E-state index contributed by atoms with van der Waals surface area (Å²) in [5.41, 5.74) is 4.41. The van der Waals surface area contributed by atoms with E-state index in [0.717, 1.165) is 33.3 Å². The monoisotopic (exact) mass is 487 g/mol. The highest BCUT2D eigenvalue weighted by molar-refractivity contribution is 7.96. The van der Waals surface area contributed by atoms with Gasteiger partial charge >= 0.3 is 0 Å². The van der Waals surface area contributed by atoms with Gasteiger partial charge in [0.05, 0.1) is 18.2 Å². The van der Waals surface area contributed by atoms with Crippen LogP contribution in [0, 0.1) is 18.3 Å². The lowest BCUT2D eigenvalue weighted by atomic mass is 10.2. The molecule has 0 spiro atoms. The van der Waals surface area contributed by atoms with Crippen molar-refractivity contribution in [1.29, 1.82) is 5.26 Å². The molecule has 6 nitrogen and oxygen atoms in total. The zero-order valence-electron chi connectivity index (χ0n) is 19.0. The Balaban J connectivity index is 0.000000271. The molecule has 0 bridgehead atoms. The van der Waals surface area contributed by atoms with Gasteiger partial charge in [-0.1, -0.05) is 48.3 Å². The number of aryl methyl sites for hydroxylation is 1. The number of nitriles is 1. The number of carbonyl (C=O) groups is 1. The molecule has 2 heterocycles. The van der Waals surface area contributed by atoms with Crippen LogP contribution in [0.3, 0.4) is 0 Å². The van der Waals surface area contributed by atoms with E-state index in [4.69, 9.17) is 5.26 Å². The first kappa shape index (κ1) is 25.1. The van der Waals surface area contributed by atoms with E-state index in [-0.39, 0.29) is 0 Å². The number of nitrogens with zero attached hydrogens (tertiary/aromatic N) is 4. The van der Waals surface area contributed by atoms with Crippen molar-refractivity contribution in [3.05, 3.63) is 106 Å². The van der Waals surface area contributed by atoms with E-state index in [9.17, 15) is 4.79 Å². The molecule has 4 rings (SSSR count). The molecule has 4 aromatic rings. The molecule has 8 heteroatoms. The van der Waals surface area contributed by atoms with Gasteiger partial charge in [0.25, 0.3) is 0 Å². The number of aldehydes is 1. The van der Waals surface area contributed by atoms with Crippen molar-refractivity contribution in [1.82, 2.24) is 14.7 Å². The Kier molecular flexibility index (Phi) is 9.80. The molecule has 0 saturated heterocycles. The summed E-state index contributed by atoms with van der Waals surface area (Å²) in [4.78, 5) is 22.5. The fourth-order valence-corrected chi connectivity index (χ4v) is 4.39. The third-order valence-electron chi connectivity index (χ3n) is 4.76. The van der Waals surface area contributed by atoms with Crippen LogP contribution in [0.2, 0.25) is 0 Å². The Hall–Kier alpha value is -3.51. The quantitative estimate of drug-likeness (QED) is 0.244. The van der Waals surface area contributed by atoms with Gasteiger partial charge in [0.2, 0.25) is 0 Å². The molecular weight excluding hydrogens is 462 g/mol. The molecule has 0 aliphatic heterocycles. The summed E-state index contributed by atoms with van der Waals surface area (Å²) in [6, 6.07) is 23.6. The largest absolute Gasteiger partial charge is 0.313 e.